The minimum Gasteiger partial charge on any atom is -0.384 e. The zero-order valence-corrected chi connectivity index (χ0v) is 10.5. The summed E-state index contributed by atoms with van der Waals surface area (Å²) in [6.45, 7) is 6.63. The van der Waals surface area contributed by atoms with E-state index >= 15 is 0 Å². The van der Waals surface area contributed by atoms with Gasteiger partial charge in [-0.3, -0.25) is 5.41 Å². The van der Waals surface area contributed by atoms with Gasteiger partial charge in [0.2, 0.25) is 0 Å². The van der Waals surface area contributed by atoms with Crippen molar-refractivity contribution < 1.29 is 0 Å². The number of piperidine rings is 1. The lowest BCUT2D eigenvalue weighted by atomic mass is 9.92. The van der Waals surface area contributed by atoms with Crippen LogP contribution in [0.15, 0.2) is 18.3 Å². The SMILES string of the molecule is CC1CC(C)CN(c2cc(C(=N)N)ccn2)C1. The van der Waals surface area contributed by atoms with Gasteiger partial charge >= 0.3 is 0 Å². The summed E-state index contributed by atoms with van der Waals surface area (Å²) >= 11 is 0. The molecule has 3 N–H and O–H groups in total. The maximum absolute atomic E-state index is 7.46. The normalized spacial score (nSPS) is 24.7. The lowest BCUT2D eigenvalue weighted by Crippen LogP contribution is -2.39. The Labute approximate surface area is 102 Å². The van der Waals surface area contributed by atoms with Crippen molar-refractivity contribution in [2.24, 2.45) is 17.6 Å². The molecule has 0 radical (unpaired) electrons. The highest BCUT2D eigenvalue weighted by atomic mass is 15.2. The average molecular weight is 232 g/mol. The molecule has 2 unspecified atom stereocenters. The van der Waals surface area contributed by atoms with Crippen LogP contribution in [0.4, 0.5) is 5.82 Å². The third kappa shape index (κ3) is 2.75. The predicted octanol–water partition coefficient (Wildman–Crippen LogP) is 1.85. The summed E-state index contributed by atoms with van der Waals surface area (Å²) in [6.07, 6.45) is 3.01. The molecule has 2 rings (SSSR count). The van der Waals surface area contributed by atoms with Crippen molar-refractivity contribution >= 4 is 11.7 Å². The summed E-state index contributed by atoms with van der Waals surface area (Å²) in [5.74, 6) is 2.44. The number of amidine groups is 1. The van der Waals surface area contributed by atoms with Gasteiger partial charge in [0, 0.05) is 24.8 Å². The van der Waals surface area contributed by atoms with Crippen molar-refractivity contribution in [2.75, 3.05) is 18.0 Å². The van der Waals surface area contributed by atoms with Crippen LogP contribution in [0.1, 0.15) is 25.8 Å². The van der Waals surface area contributed by atoms with E-state index in [0.717, 1.165) is 24.5 Å². The number of nitrogens with one attached hydrogen (secondary N) is 1. The van der Waals surface area contributed by atoms with Crippen LogP contribution in [0.2, 0.25) is 0 Å². The average Bonchev–Trinajstić information content (AvgIpc) is 2.28. The topological polar surface area (TPSA) is 66.0 Å². The summed E-state index contributed by atoms with van der Waals surface area (Å²) in [6, 6.07) is 3.69. The van der Waals surface area contributed by atoms with Gasteiger partial charge in [-0.1, -0.05) is 13.8 Å². The molecule has 2 heterocycles. The van der Waals surface area contributed by atoms with Crippen molar-refractivity contribution in [3.8, 4) is 0 Å². The molecule has 4 heteroatoms. The molecule has 1 fully saturated rings. The minimum absolute atomic E-state index is 0.103. The first-order valence-electron chi connectivity index (χ1n) is 6.11. The van der Waals surface area contributed by atoms with E-state index in [2.05, 4.69) is 23.7 Å². The predicted molar refractivity (Wildman–Crippen MR) is 70.4 cm³/mol. The summed E-state index contributed by atoms with van der Waals surface area (Å²) in [5, 5.41) is 7.46. The monoisotopic (exact) mass is 232 g/mol. The molecule has 1 saturated heterocycles. The number of hydrogen-bond acceptors (Lipinski definition) is 3. The van der Waals surface area contributed by atoms with E-state index in [9.17, 15) is 0 Å². The van der Waals surface area contributed by atoms with Crippen LogP contribution in [0.3, 0.4) is 0 Å². The number of aromatic nitrogens is 1. The van der Waals surface area contributed by atoms with Gasteiger partial charge in [0.05, 0.1) is 0 Å². The van der Waals surface area contributed by atoms with Crippen LogP contribution < -0.4 is 10.6 Å². The molecule has 0 spiro atoms. The number of nitrogens with zero attached hydrogens (tertiary/aromatic N) is 2. The Kier molecular flexibility index (Phi) is 3.31. The highest BCUT2D eigenvalue weighted by Gasteiger charge is 2.22. The molecule has 4 nitrogen and oxygen atoms in total. The van der Waals surface area contributed by atoms with Gasteiger partial charge < -0.3 is 10.6 Å². The number of nitrogen functional groups attached to an aromatic ring is 1. The van der Waals surface area contributed by atoms with Gasteiger partial charge in [0.15, 0.2) is 0 Å². The first-order valence-corrected chi connectivity index (χ1v) is 6.11. The van der Waals surface area contributed by atoms with E-state index in [-0.39, 0.29) is 5.84 Å². The van der Waals surface area contributed by atoms with Gasteiger partial charge in [-0.25, -0.2) is 4.98 Å². The molecule has 1 aromatic heterocycles. The summed E-state index contributed by atoms with van der Waals surface area (Å²) in [4.78, 5) is 6.68. The Morgan fingerprint density at radius 2 is 2.06 bits per heavy atom. The number of anilines is 1. The molecule has 17 heavy (non-hydrogen) atoms. The molecule has 1 aliphatic rings. The number of hydrogen-bond donors (Lipinski definition) is 2. The van der Waals surface area contributed by atoms with E-state index < -0.39 is 0 Å². The molecule has 1 aliphatic heterocycles. The van der Waals surface area contributed by atoms with Crippen LogP contribution in [0, 0.1) is 17.2 Å². The van der Waals surface area contributed by atoms with Gasteiger partial charge in [-0.15, -0.1) is 0 Å². The van der Waals surface area contributed by atoms with E-state index in [1.165, 1.54) is 6.42 Å². The Morgan fingerprint density at radius 3 is 2.65 bits per heavy atom. The Morgan fingerprint density at radius 1 is 1.41 bits per heavy atom. The third-order valence-electron chi connectivity index (χ3n) is 3.25. The Bertz CT molecular complexity index is 406. The number of rotatable bonds is 2. The second-order valence-corrected chi connectivity index (χ2v) is 5.17. The van der Waals surface area contributed by atoms with E-state index in [1.807, 2.05) is 6.07 Å². The molecule has 0 aromatic carbocycles. The van der Waals surface area contributed by atoms with Crippen molar-refractivity contribution in [3.05, 3.63) is 23.9 Å². The van der Waals surface area contributed by atoms with E-state index in [0.29, 0.717) is 11.8 Å². The maximum Gasteiger partial charge on any atom is 0.129 e. The van der Waals surface area contributed by atoms with Crippen LogP contribution in [0.5, 0.6) is 0 Å². The summed E-state index contributed by atoms with van der Waals surface area (Å²) in [5.41, 5.74) is 6.25. The smallest absolute Gasteiger partial charge is 0.129 e. The molecule has 0 aliphatic carbocycles. The molecule has 0 amide bonds. The lowest BCUT2D eigenvalue weighted by molar-refractivity contribution is 0.355. The second-order valence-electron chi connectivity index (χ2n) is 5.17. The molecular weight excluding hydrogens is 212 g/mol. The van der Waals surface area contributed by atoms with E-state index in [4.69, 9.17) is 11.1 Å². The van der Waals surface area contributed by atoms with Crippen molar-refractivity contribution in [1.29, 1.82) is 5.41 Å². The molecule has 1 aromatic rings. The van der Waals surface area contributed by atoms with Crippen LogP contribution >= 0.6 is 0 Å². The Balaban J connectivity index is 2.21. The fraction of sp³-hybridized carbons (Fsp3) is 0.538. The zero-order valence-electron chi connectivity index (χ0n) is 10.5. The van der Waals surface area contributed by atoms with Gasteiger partial charge in [0.1, 0.15) is 11.7 Å². The third-order valence-corrected chi connectivity index (χ3v) is 3.25. The first kappa shape index (κ1) is 11.9. The molecular formula is C13H20N4. The largest absolute Gasteiger partial charge is 0.384 e. The molecule has 0 saturated carbocycles. The fourth-order valence-electron chi connectivity index (χ4n) is 2.61. The van der Waals surface area contributed by atoms with Crippen LogP contribution in [0.25, 0.3) is 0 Å². The van der Waals surface area contributed by atoms with Gasteiger partial charge in [-0.2, -0.15) is 0 Å². The lowest BCUT2D eigenvalue weighted by Gasteiger charge is -2.35. The zero-order chi connectivity index (χ0) is 12.4. The standard InChI is InChI=1S/C13H20N4/c1-9-5-10(2)8-17(7-9)12-6-11(13(14)15)3-4-16-12/h3-4,6,9-10H,5,7-8H2,1-2H3,(H3,14,15). The van der Waals surface area contributed by atoms with Crippen LogP contribution in [-0.2, 0) is 0 Å². The summed E-state index contributed by atoms with van der Waals surface area (Å²) in [7, 11) is 0. The van der Waals surface area contributed by atoms with Crippen molar-refractivity contribution in [1.82, 2.24) is 4.98 Å². The van der Waals surface area contributed by atoms with Gasteiger partial charge in [-0.05, 0) is 30.4 Å². The minimum atomic E-state index is 0.103. The highest BCUT2D eigenvalue weighted by Crippen LogP contribution is 2.25. The molecule has 2 atom stereocenters. The summed E-state index contributed by atoms with van der Waals surface area (Å²) < 4.78 is 0. The quantitative estimate of drug-likeness (QED) is 0.604. The highest BCUT2D eigenvalue weighted by molar-refractivity contribution is 5.95. The second kappa shape index (κ2) is 4.73. The molecule has 0 bridgehead atoms. The number of nitrogens with two attached hydrogens (primary N) is 1. The van der Waals surface area contributed by atoms with Crippen LogP contribution in [-0.4, -0.2) is 23.9 Å². The van der Waals surface area contributed by atoms with Crippen molar-refractivity contribution in [2.45, 2.75) is 20.3 Å². The van der Waals surface area contributed by atoms with Gasteiger partial charge in [0.25, 0.3) is 0 Å². The molecule has 92 valence electrons. The number of pyridine rings is 1. The first-order chi connectivity index (χ1) is 8.06. The van der Waals surface area contributed by atoms with Crippen molar-refractivity contribution in [3.63, 3.8) is 0 Å². The Hall–Kier alpha value is -1.58. The fourth-order valence-corrected chi connectivity index (χ4v) is 2.61. The maximum atomic E-state index is 7.46. The van der Waals surface area contributed by atoms with E-state index in [1.54, 1.807) is 12.3 Å².